The molecule has 1 aliphatic heterocycles. The first-order valence-electron chi connectivity index (χ1n) is 7.73. The second-order valence-electron chi connectivity index (χ2n) is 5.61. The topological polar surface area (TPSA) is 18.5 Å². The maximum Gasteiger partial charge on any atom is 0.172 e. The fourth-order valence-corrected chi connectivity index (χ4v) is 2.60. The maximum absolute atomic E-state index is 5.72. The van der Waals surface area contributed by atoms with Crippen LogP contribution < -0.4 is 0 Å². The normalized spacial score (nSPS) is 20.2. The predicted molar refractivity (Wildman–Crippen MR) is 83.6 cm³/mol. The van der Waals surface area contributed by atoms with Gasteiger partial charge in [-0.25, -0.2) is 0 Å². The van der Waals surface area contributed by atoms with Crippen molar-refractivity contribution >= 4 is 5.57 Å². The molecule has 1 aromatic carbocycles. The highest BCUT2D eigenvalue weighted by Crippen LogP contribution is 2.38. The highest BCUT2D eigenvalue weighted by molar-refractivity contribution is 5.66. The van der Waals surface area contributed by atoms with Crippen LogP contribution in [0, 0.1) is 6.92 Å². The molecular formula is C18H26O2. The number of benzene rings is 1. The Morgan fingerprint density at radius 2 is 1.65 bits per heavy atom. The summed E-state index contributed by atoms with van der Waals surface area (Å²) in [4.78, 5) is 0. The molecule has 2 aliphatic rings. The van der Waals surface area contributed by atoms with E-state index in [1.54, 1.807) is 0 Å². The lowest BCUT2D eigenvalue weighted by Crippen LogP contribution is -2.31. The van der Waals surface area contributed by atoms with Crippen LogP contribution in [0.25, 0.3) is 5.57 Å². The van der Waals surface area contributed by atoms with Crippen molar-refractivity contribution in [3.05, 3.63) is 41.5 Å². The molecule has 0 bridgehead atoms. The van der Waals surface area contributed by atoms with Crippen molar-refractivity contribution in [2.45, 2.75) is 52.2 Å². The minimum atomic E-state index is -0.297. The summed E-state index contributed by atoms with van der Waals surface area (Å²) in [7, 11) is 0. The van der Waals surface area contributed by atoms with Crippen molar-refractivity contribution in [1.82, 2.24) is 0 Å². The molecule has 0 unspecified atom stereocenters. The van der Waals surface area contributed by atoms with Gasteiger partial charge < -0.3 is 9.47 Å². The molecule has 1 spiro atoms. The zero-order valence-corrected chi connectivity index (χ0v) is 12.9. The minimum Gasteiger partial charge on any atom is -0.347 e. The van der Waals surface area contributed by atoms with Gasteiger partial charge in [0.15, 0.2) is 5.79 Å². The Bertz CT molecular complexity index is 439. The Morgan fingerprint density at radius 3 is 2.15 bits per heavy atom. The third kappa shape index (κ3) is 3.71. The van der Waals surface area contributed by atoms with Gasteiger partial charge in [0, 0.05) is 12.8 Å². The molecule has 1 aliphatic carbocycles. The predicted octanol–water partition coefficient (Wildman–Crippen LogP) is 4.72. The number of rotatable bonds is 1. The van der Waals surface area contributed by atoms with E-state index < -0.39 is 0 Å². The van der Waals surface area contributed by atoms with Crippen molar-refractivity contribution in [1.29, 1.82) is 0 Å². The molecule has 0 aromatic heterocycles. The first kappa shape index (κ1) is 15.3. The largest absolute Gasteiger partial charge is 0.347 e. The van der Waals surface area contributed by atoms with Crippen molar-refractivity contribution < 1.29 is 9.47 Å². The quantitative estimate of drug-likeness (QED) is 0.737. The Balaban J connectivity index is 0.000000452. The second kappa shape index (κ2) is 7.05. The third-order valence-electron chi connectivity index (χ3n) is 3.67. The van der Waals surface area contributed by atoms with Gasteiger partial charge in [-0.05, 0) is 24.5 Å². The Morgan fingerprint density at radius 1 is 1.05 bits per heavy atom. The molecule has 0 radical (unpaired) electrons. The number of allylic oxidation sites excluding steroid dienone is 1. The van der Waals surface area contributed by atoms with Crippen LogP contribution in [0.1, 0.15) is 50.7 Å². The van der Waals surface area contributed by atoms with Gasteiger partial charge in [-0.2, -0.15) is 0 Å². The van der Waals surface area contributed by atoms with Gasteiger partial charge in [0.05, 0.1) is 13.2 Å². The fourth-order valence-electron chi connectivity index (χ4n) is 2.60. The van der Waals surface area contributed by atoms with Crippen LogP contribution in [0.5, 0.6) is 0 Å². The average molecular weight is 274 g/mol. The molecule has 0 amide bonds. The summed E-state index contributed by atoms with van der Waals surface area (Å²) in [6, 6.07) is 8.75. The molecule has 20 heavy (non-hydrogen) atoms. The molecule has 3 rings (SSSR count). The van der Waals surface area contributed by atoms with E-state index >= 15 is 0 Å². The highest BCUT2D eigenvalue weighted by Gasteiger charge is 2.37. The van der Waals surface area contributed by atoms with Gasteiger partial charge in [-0.1, -0.05) is 56.2 Å². The molecule has 1 heterocycles. The first-order chi connectivity index (χ1) is 9.69. The van der Waals surface area contributed by atoms with Crippen molar-refractivity contribution in [3.63, 3.8) is 0 Å². The maximum atomic E-state index is 5.72. The van der Waals surface area contributed by atoms with Crippen LogP contribution in [0.2, 0.25) is 0 Å². The van der Waals surface area contributed by atoms with Crippen molar-refractivity contribution in [2.24, 2.45) is 0 Å². The number of aryl methyl sites for hydroxylation is 1. The van der Waals surface area contributed by atoms with E-state index in [0.29, 0.717) is 0 Å². The average Bonchev–Trinajstić information content (AvgIpc) is 2.90. The molecule has 0 atom stereocenters. The zero-order valence-electron chi connectivity index (χ0n) is 12.9. The molecule has 2 nitrogen and oxygen atoms in total. The van der Waals surface area contributed by atoms with Crippen molar-refractivity contribution in [2.75, 3.05) is 13.2 Å². The monoisotopic (exact) mass is 274 g/mol. The molecule has 1 saturated heterocycles. The Kier molecular flexibility index (Phi) is 5.38. The van der Waals surface area contributed by atoms with Crippen molar-refractivity contribution in [3.8, 4) is 0 Å². The van der Waals surface area contributed by atoms with Crippen LogP contribution >= 0.6 is 0 Å². The lowest BCUT2D eigenvalue weighted by molar-refractivity contribution is -0.159. The molecule has 1 fully saturated rings. The molecule has 2 heteroatoms. The van der Waals surface area contributed by atoms with E-state index in [-0.39, 0.29) is 5.79 Å². The van der Waals surface area contributed by atoms with Gasteiger partial charge >= 0.3 is 0 Å². The lowest BCUT2D eigenvalue weighted by atomic mass is 9.89. The van der Waals surface area contributed by atoms with Crippen LogP contribution in [0.3, 0.4) is 0 Å². The van der Waals surface area contributed by atoms with E-state index in [9.17, 15) is 0 Å². The summed E-state index contributed by atoms with van der Waals surface area (Å²) in [5.41, 5.74) is 4.07. The van der Waals surface area contributed by atoms with Gasteiger partial charge in [-0.15, -0.1) is 0 Å². The van der Waals surface area contributed by atoms with Gasteiger partial charge in [0.1, 0.15) is 0 Å². The second-order valence-corrected chi connectivity index (χ2v) is 5.61. The van der Waals surface area contributed by atoms with Gasteiger partial charge in [-0.3, -0.25) is 0 Å². The lowest BCUT2D eigenvalue weighted by Gasteiger charge is -2.30. The molecule has 110 valence electrons. The fraction of sp³-hybridized carbons (Fsp3) is 0.556. The smallest absolute Gasteiger partial charge is 0.172 e. The Labute approximate surface area is 122 Å². The third-order valence-corrected chi connectivity index (χ3v) is 3.67. The van der Waals surface area contributed by atoms with Gasteiger partial charge in [0.25, 0.3) is 0 Å². The summed E-state index contributed by atoms with van der Waals surface area (Å²) < 4.78 is 11.4. The Hall–Kier alpha value is -1.12. The van der Waals surface area contributed by atoms with E-state index in [4.69, 9.17) is 9.47 Å². The summed E-state index contributed by atoms with van der Waals surface area (Å²) in [5.74, 6) is -0.297. The van der Waals surface area contributed by atoms with Gasteiger partial charge in [0.2, 0.25) is 0 Å². The summed E-state index contributed by atoms with van der Waals surface area (Å²) >= 11 is 0. The van der Waals surface area contributed by atoms with E-state index in [2.05, 4.69) is 51.1 Å². The number of hydrogen-bond donors (Lipinski definition) is 0. The number of hydrogen-bond acceptors (Lipinski definition) is 2. The summed E-state index contributed by atoms with van der Waals surface area (Å²) in [6.45, 7) is 7.86. The molecular weight excluding hydrogens is 248 g/mol. The first-order valence-corrected chi connectivity index (χ1v) is 7.73. The standard InChI is InChI=1S/C15H18O2.C3H8/c1-12-2-4-13(5-3-12)14-6-8-15(9-7-14)16-10-11-17-15;1-3-2/h2-6H,7-11H2,1H3;3H2,1-2H3. The number of ether oxygens (including phenoxy) is 2. The van der Waals surface area contributed by atoms with E-state index in [1.165, 1.54) is 23.1 Å². The van der Waals surface area contributed by atoms with Crippen LogP contribution in [-0.2, 0) is 9.47 Å². The molecule has 0 saturated carbocycles. The van der Waals surface area contributed by atoms with E-state index in [1.807, 2.05) is 0 Å². The summed E-state index contributed by atoms with van der Waals surface area (Å²) in [6.07, 6.45) is 6.44. The van der Waals surface area contributed by atoms with E-state index in [0.717, 1.165) is 32.5 Å². The molecule has 1 aromatic rings. The zero-order chi connectivity index (χ0) is 14.4. The molecule has 0 N–H and O–H groups in total. The van der Waals surface area contributed by atoms with Crippen LogP contribution in [0.15, 0.2) is 30.3 Å². The summed E-state index contributed by atoms with van der Waals surface area (Å²) in [5, 5.41) is 0. The minimum absolute atomic E-state index is 0.297. The van der Waals surface area contributed by atoms with Crippen LogP contribution in [-0.4, -0.2) is 19.0 Å². The van der Waals surface area contributed by atoms with Crippen LogP contribution in [0.4, 0.5) is 0 Å². The SMILES string of the molecule is CCC.Cc1ccc(C2=CCC3(CC2)OCCO3)cc1. The highest BCUT2D eigenvalue weighted by atomic mass is 16.7.